The van der Waals surface area contributed by atoms with E-state index in [0.29, 0.717) is 12.1 Å². The van der Waals surface area contributed by atoms with Gasteiger partial charge in [-0.1, -0.05) is 26.8 Å². The van der Waals surface area contributed by atoms with Gasteiger partial charge in [-0.25, -0.2) is 0 Å². The van der Waals surface area contributed by atoms with Gasteiger partial charge >= 0.3 is 0 Å². The SMILES string of the molecule is CC(O)c1cccnc1C(=O)N(C)Cc1cc(C(C)(C)C)nn1C. The van der Waals surface area contributed by atoms with Crippen LogP contribution in [0, 0.1) is 0 Å². The summed E-state index contributed by atoms with van der Waals surface area (Å²) >= 11 is 0. The van der Waals surface area contributed by atoms with E-state index in [9.17, 15) is 9.90 Å². The summed E-state index contributed by atoms with van der Waals surface area (Å²) in [4.78, 5) is 18.5. The highest BCUT2D eigenvalue weighted by molar-refractivity contribution is 5.93. The van der Waals surface area contributed by atoms with Gasteiger partial charge in [0.05, 0.1) is 24.0 Å². The Morgan fingerprint density at radius 2 is 2.08 bits per heavy atom. The molecule has 24 heavy (non-hydrogen) atoms. The van der Waals surface area contributed by atoms with Gasteiger partial charge in [-0.2, -0.15) is 5.10 Å². The highest BCUT2D eigenvalue weighted by atomic mass is 16.3. The van der Waals surface area contributed by atoms with Crippen LogP contribution < -0.4 is 0 Å². The Morgan fingerprint density at radius 1 is 1.42 bits per heavy atom. The quantitative estimate of drug-likeness (QED) is 0.934. The zero-order valence-electron chi connectivity index (χ0n) is 15.2. The molecule has 1 atom stereocenters. The highest BCUT2D eigenvalue weighted by Crippen LogP contribution is 2.22. The largest absolute Gasteiger partial charge is 0.389 e. The third kappa shape index (κ3) is 3.82. The summed E-state index contributed by atoms with van der Waals surface area (Å²) in [5, 5.41) is 14.4. The summed E-state index contributed by atoms with van der Waals surface area (Å²) in [5.74, 6) is -0.218. The van der Waals surface area contributed by atoms with Crippen molar-refractivity contribution < 1.29 is 9.90 Å². The number of aromatic nitrogens is 3. The van der Waals surface area contributed by atoms with E-state index in [2.05, 4.69) is 30.9 Å². The molecule has 6 nitrogen and oxygen atoms in total. The standard InChI is InChI=1S/C18H26N4O2/c1-12(23)14-8-7-9-19-16(14)17(24)21(5)11-13-10-15(18(2,3)4)20-22(13)6/h7-10,12,23H,11H2,1-6H3. The second-order valence-electron chi connectivity index (χ2n) is 7.17. The molecular weight excluding hydrogens is 304 g/mol. The van der Waals surface area contributed by atoms with Crippen LogP contribution in [0.3, 0.4) is 0 Å². The van der Waals surface area contributed by atoms with E-state index >= 15 is 0 Å². The number of nitrogens with zero attached hydrogens (tertiary/aromatic N) is 4. The van der Waals surface area contributed by atoms with Crippen molar-refractivity contribution >= 4 is 5.91 Å². The number of amides is 1. The lowest BCUT2D eigenvalue weighted by atomic mass is 9.92. The molecule has 2 rings (SSSR count). The number of aliphatic hydroxyl groups is 1. The molecule has 0 saturated heterocycles. The van der Waals surface area contributed by atoms with Crippen molar-refractivity contribution in [2.45, 2.75) is 45.8 Å². The van der Waals surface area contributed by atoms with Crippen LogP contribution in [0.4, 0.5) is 0 Å². The number of pyridine rings is 1. The van der Waals surface area contributed by atoms with Crippen LogP contribution in [0.2, 0.25) is 0 Å². The van der Waals surface area contributed by atoms with Crippen molar-refractivity contribution in [1.82, 2.24) is 19.7 Å². The number of aliphatic hydroxyl groups excluding tert-OH is 1. The number of carbonyl (C=O) groups is 1. The second-order valence-corrected chi connectivity index (χ2v) is 7.17. The van der Waals surface area contributed by atoms with Crippen molar-refractivity contribution in [3.05, 3.63) is 47.0 Å². The van der Waals surface area contributed by atoms with Gasteiger partial charge in [0.25, 0.3) is 5.91 Å². The van der Waals surface area contributed by atoms with Crippen LogP contribution >= 0.6 is 0 Å². The van der Waals surface area contributed by atoms with Gasteiger partial charge in [0, 0.05) is 31.3 Å². The van der Waals surface area contributed by atoms with Crippen LogP contribution in [0.1, 0.15) is 61.2 Å². The fourth-order valence-electron chi connectivity index (χ4n) is 2.45. The van der Waals surface area contributed by atoms with E-state index in [0.717, 1.165) is 11.4 Å². The maximum Gasteiger partial charge on any atom is 0.272 e. The molecule has 0 bridgehead atoms. The van der Waals surface area contributed by atoms with Crippen molar-refractivity contribution in [3.8, 4) is 0 Å². The lowest BCUT2D eigenvalue weighted by molar-refractivity contribution is 0.0769. The number of aryl methyl sites for hydroxylation is 1. The summed E-state index contributed by atoms with van der Waals surface area (Å²) in [5.41, 5.74) is 2.72. The third-order valence-electron chi connectivity index (χ3n) is 3.98. The number of hydrogen-bond acceptors (Lipinski definition) is 4. The van der Waals surface area contributed by atoms with E-state index in [-0.39, 0.29) is 17.0 Å². The molecule has 0 saturated carbocycles. The van der Waals surface area contributed by atoms with Gasteiger partial charge < -0.3 is 10.0 Å². The number of carbonyl (C=O) groups excluding carboxylic acids is 1. The van der Waals surface area contributed by atoms with Crippen LogP contribution in [-0.4, -0.2) is 37.7 Å². The summed E-state index contributed by atoms with van der Waals surface area (Å²) in [6.45, 7) is 8.38. The van der Waals surface area contributed by atoms with Gasteiger partial charge in [-0.15, -0.1) is 0 Å². The fraction of sp³-hybridized carbons (Fsp3) is 0.500. The van der Waals surface area contributed by atoms with E-state index in [4.69, 9.17) is 0 Å². The average Bonchev–Trinajstić information content (AvgIpc) is 2.87. The summed E-state index contributed by atoms with van der Waals surface area (Å²) in [6, 6.07) is 5.47. The number of hydrogen-bond donors (Lipinski definition) is 1. The van der Waals surface area contributed by atoms with Gasteiger partial charge in [0.1, 0.15) is 5.69 Å². The molecule has 1 N–H and O–H groups in total. The summed E-state index contributed by atoms with van der Waals surface area (Å²) < 4.78 is 1.80. The molecule has 2 aromatic rings. The Labute approximate surface area is 143 Å². The first-order valence-corrected chi connectivity index (χ1v) is 8.03. The van der Waals surface area contributed by atoms with Crippen LogP contribution in [0.25, 0.3) is 0 Å². The number of rotatable bonds is 4. The normalized spacial score (nSPS) is 13.0. The first kappa shape index (κ1) is 18.1. The van der Waals surface area contributed by atoms with Gasteiger partial charge in [-0.3, -0.25) is 14.5 Å². The topological polar surface area (TPSA) is 71.2 Å². The van der Waals surface area contributed by atoms with Crippen molar-refractivity contribution in [2.75, 3.05) is 7.05 Å². The van der Waals surface area contributed by atoms with Crippen LogP contribution in [0.5, 0.6) is 0 Å². The van der Waals surface area contributed by atoms with Crippen molar-refractivity contribution in [3.63, 3.8) is 0 Å². The summed E-state index contributed by atoms with van der Waals surface area (Å²) in [7, 11) is 3.61. The smallest absolute Gasteiger partial charge is 0.272 e. The minimum atomic E-state index is -0.741. The molecule has 0 aromatic carbocycles. The van der Waals surface area contributed by atoms with Gasteiger partial charge in [0.2, 0.25) is 0 Å². The summed E-state index contributed by atoms with van der Waals surface area (Å²) in [6.07, 6.45) is 0.824. The van der Waals surface area contributed by atoms with Crippen LogP contribution in [-0.2, 0) is 19.0 Å². The maximum absolute atomic E-state index is 12.7. The van der Waals surface area contributed by atoms with Gasteiger partial charge in [0.15, 0.2) is 0 Å². The molecule has 2 heterocycles. The zero-order chi connectivity index (χ0) is 18.1. The van der Waals surface area contributed by atoms with Crippen molar-refractivity contribution in [2.24, 2.45) is 7.05 Å². The third-order valence-corrected chi connectivity index (χ3v) is 3.98. The molecule has 2 aromatic heterocycles. The highest BCUT2D eigenvalue weighted by Gasteiger charge is 2.23. The molecule has 0 spiro atoms. The lowest BCUT2D eigenvalue weighted by Gasteiger charge is -2.19. The van der Waals surface area contributed by atoms with E-state index in [1.165, 1.54) is 0 Å². The molecule has 6 heteroatoms. The zero-order valence-corrected chi connectivity index (χ0v) is 15.2. The fourth-order valence-corrected chi connectivity index (χ4v) is 2.45. The monoisotopic (exact) mass is 330 g/mol. The van der Waals surface area contributed by atoms with E-state index in [1.54, 1.807) is 41.9 Å². The Balaban J connectivity index is 2.23. The van der Waals surface area contributed by atoms with Gasteiger partial charge in [-0.05, 0) is 19.1 Å². The molecule has 0 radical (unpaired) electrons. The first-order valence-electron chi connectivity index (χ1n) is 8.03. The average molecular weight is 330 g/mol. The molecule has 0 fully saturated rings. The van der Waals surface area contributed by atoms with Crippen LogP contribution in [0.15, 0.2) is 24.4 Å². The molecule has 1 amide bonds. The van der Waals surface area contributed by atoms with Crippen molar-refractivity contribution in [1.29, 1.82) is 0 Å². The Kier molecular flexibility index (Phi) is 5.08. The first-order chi connectivity index (χ1) is 11.1. The Hall–Kier alpha value is -2.21. The lowest BCUT2D eigenvalue weighted by Crippen LogP contribution is -2.29. The molecule has 0 aliphatic rings. The molecule has 130 valence electrons. The molecule has 0 aliphatic heterocycles. The minimum absolute atomic E-state index is 0.0426. The molecule has 1 unspecified atom stereocenters. The maximum atomic E-state index is 12.7. The minimum Gasteiger partial charge on any atom is -0.389 e. The second kappa shape index (κ2) is 6.73. The van der Waals surface area contributed by atoms with E-state index < -0.39 is 6.10 Å². The Bertz CT molecular complexity index is 729. The van der Waals surface area contributed by atoms with E-state index in [1.807, 2.05) is 13.1 Å². The Morgan fingerprint density at radius 3 is 2.62 bits per heavy atom. The predicted octanol–water partition coefficient (Wildman–Crippen LogP) is 2.44. The predicted molar refractivity (Wildman–Crippen MR) is 92.6 cm³/mol. The molecule has 0 aliphatic carbocycles. The molecular formula is C18H26N4O2.